The molecule has 0 saturated heterocycles. The van der Waals surface area contributed by atoms with Crippen molar-refractivity contribution in [2.45, 2.75) is 37.8 Å². The highest BCUT2D eigenvalue weighted by Crippen LogP contribution is 2.30. The van der Waals surface area contributed by atoms with Gasteiger partial charge in [0.25, 0.3) is 0 Å². The minimum absolute atomic E-state index is 0.00218. The lowest BCUT2D eigenvalue weighted by Gasteiger charge is -2.25. The Kier molecular flexibility index (Phi) is 4.69. The summed E-state index contributed by atoms with van der Waals surface area (Å²) >= 11 is 0. The fraction of sp³-hybridized carbons (Fsp3) is 0.368. The zero-order valence-electron chi connectivity index (χ0n) is 12.3. The lowest BCUT2D eigenvalue weighted by atomic mass is 9.97. The SMILES string of the molecule is OC[C@H](NC1CCCCc2ccccc21)c1ccccc1. The van der Waals surface area contributed by atoms with Gasteiger partial charge in [0.15, 0.2) is 0 Å². The summed E-state index contributed by atoms with van der Waals surface area (Å²) in [7, 11) is 0. The molecule has 0 amide bonds. The van der Waals surface area contributed by atoms with E-state index in [1.165, 1.54) is 30.4 Å². The smallest absolute Gasteiger partial charge is 0.0626 e. The molecule has 0 spiro atoms. The summed E-state index contributed by atoms with van der Waals surface area (Å²) in [5, 5.41) is 13.4. The van der Waals surface area contributed by atoms with Crippen molar-refractivity contribution >= 4 is 0 Å². The second-order valence-corrected chi connectivity index (χ2v) is 5.81. The van der Waals surface area contributed by atoms with Crippen LogP contribution in [-0.4, -0.2) is 11.7 Å². The fourth-order valence-electron chi connectivity index (χ4n) is 3.28. The van der Waals surface area contributed by atoms with Gasteiger partial charge < -0.3 is 10.4 Å². The van der Waals surface area contributed by atoms with Gasteiger partial charge in [-0.2, -0.15) is 0 Å². The van der Waals surface area contributed by atoms with Gasteiger partial charge in [-0.25, -0.2) is 0 Å². The molecule has 0 heterocycles. The van der Waals surface area contributed by atoms with Crippen molar-refractivity contribution in [1.29, 1.82) is 0 Å². The quantitative estimate of drug-likeness (QED) is 0.836. The van der Waals surface area contributed by atoms with Crippen LogP contribution >= 0.6 is 0 Å². The monoisotopic (exact) mass is 281 g/mol. The Labute approximate surface area is 126 Å². The fourth-order valence-corrected chi connectivity index (χ4v) is 3.28. The summed E-state index contributed by atoms with van der Waals surface area (Å²) in [4.78, 5) is 0. The highest BCUT2D eigenvalue weighted by Gasteiger charge is 2.21. The molecule has 0 bridgehead atoms. The Balaban J connectivity index is 1.83. The number of aliphatic hydroxyl groups is 1. The number of hydrogen-bond donors (Lipinski definition) is 2. The van der Waals surface area contributed by atoms with Crippen molar-refractivity contribution in [3.8, 4) is 0 Å². The summed E-state index contributed by atoms with van der Waals surface area (Å²) in [6.07, 6.45) is 4.80. The van der Waals surface area contributed by atoms with Gasteiger partial charge in [0, 0.05) is 6.04 Å². The predicted molar refractivity (Wildman–Crippen MR) is 86.1 cm³/mol. The van der Waals surface area contributed by atoms with Gasteiger partial charge in [-0.3, -0.25) is 0 Å². The second-order valence-electron chi connectivity index (χ2n) is 5.81. The van der Waals surface area contributed by atoms with Gasteiger partial charge in [0.2, 0.25) is 0 Å². The molecule has 1 unspecified atom stereocenters. The van der Waals surface area contributed by atoms with Crippen LogP contribution in [0.4, 0.5) is 0 Å². The number of aliphatic hydroxyl groups excluding tert-OH is 1. The third-order valence-electron chi connectivity index (χ3n) is 4.41. The van der Waals surface area contributed by atoms with E-state index in [0.29, 0.717) is 6.04 Å². The van der Waals surface area contributed by atoms with Crippen LogP contribution in [0.3, 0.4) is 0 Å². The predicted octanol–water partition coefficient (Wildman–Crippen LogP) is 3.78. The van der Waals surface area contributed by atoms with E-state index in [4.69, 9.17) is 0 Å². The molecule has 0 saturated carbocycles. The van der Waals surface area contributed by atoms with Gasteiger partial charge in [-0.1, -0.05) is 61.0 Å². The van der Waals surface area contributed by atoms with Crippen molar-refractivity contribution in [1.82, 2.24) is 5.32 Å². The van der Waals surface area contributed by atoms with E-state index in [1.54, 1.807) is 0 Å². The number of nitrogens with one attached hydrogen (secondary N) is 1. The molecular formula is C19H23NO. The first-order chi connectivity index (χ1) is 10.4. The number of rotatable bonds is 4. The van der Waals surface area contributed by atoms with Crippen LogP contribution in [0.25, 0.3) is 0 Å². The molecule has 3 rings (SSSR count). The van der Waals surface area contributed by atoms with Gasteiger partial charge in [0.1, 0.15) is 0 Å². The zero-order chi connectivity index (χ0) is 14.5. The van der Waals surface area contributed by atoms with Gasteiger partial charge in [-0.15, -0.1) is 0 Å². The topological polar surface area (TPSA) is 32.3 Å². The molecule has 1 aliphatic carbocycles. The first-order valence-electron chi connectivity index (χ1n) is 7.88. The van der Waals surface area contributed by atoms with Crippen LogP contribution in [0.2, 0.25) is 0 Å². The molecule has 2 heteroatoms. The van der Waals surface area contributed by atoms with Crippen molar-refractivity contribution in [2.75, 3.05) is 6.61 Å². The summed E-state index contributed by atoms with van der Waals surface area (Å²) in [6.45, 7) is 0.128. The number of benzene rings is 2. The Morgan fingerprint density at radius 1 is 1.00 bits per heavy atom. The highest BCUT2D eigenvalue weighted by atomic mass is 16.3. The van der Waals surface area contributed by atoms with Crippen molar-refractivity contribution in [3.63, 3.8) is 0 Å². The van der Waals surface area contributed by atoms with Gasteiger partial charge in [0.05, 0.1) is 12.6 Å². The largest absolute Gasteiger partial charge is 0.394 e. The van der Waals surface area contributed by atoms with Crippen LogP contribution in [0.5, 0.6) is 0 Å². The van der Waals surface area contributed by atoms with E-state index in [9.17, 15) is 5.11 Å². The number of aryl methyl sites for hydroxylation is 1. The van der Waals surface area contributed by atoms with Crippen LogP contribution in [0.1, 0.15) is 48.0 Å². The lowest BCUT2D eigenvalue weighted by molar-refractivity contribution is 0.230. The van der Waals surface area contributed by atoms with Gasteiger partial charge in [-0.05, 0) is 36.0 Å². The Bertz CT molecular complexity index is 567. The second kappa shape index (κ2) is 6.88. The molecular weight excluding hydrogens is 258 g/mol. The summed E-state index contributed by atoms with van der Waals surface area (Å²) < 4.78 is 0. The first-order valence-corrected chi connectivity index (χ1v) is 7.88. The normalized spacial score (nSPS) is 19.6. The summed E-state index contributed by atoms with van der Waals surface area (Å²) in [5.41, 5.74) is 4.02. The molecule has 2 N–H and O–H groups in total. The average Bonchev–Trinajstić information content (AvgIpc) is 2.76. The van der Waals surface area contributed by atoms with Crippen molar-refractivity contribution in [3.05, 3.63) is 71.3 Å². The molecule has 0 aliphatic heterocycles. The van der Waals surface area contributed by atoms with E-state index >= 15 is 0 Å². The molecule has 2 nitrogen and oxygen atoms in total. The summed E-state index contributed by atoms with van der Waals surface area (Å²) in [6, 6.07) is 19.3. The third-order valence-corrected chi connectivity index (χ3v) is 4.41. The van der Waals surface area contributed by atoms with Gasteiger partial charge >= 0.3 is 0 Å². The third kappa shape index (κ3) is 3.34. The summed E-state index contributed by atoms with van der Waals surface area (Å²) in [5.74, 6) is 0. The standard InChI is InChI=1S/C19H23NO/c21-14-19(16-10-2-1-3-11-16)20-18-13-7-5-9-15-8-4-6-12-17(15)18/h1-4,6,8,10-12,18-21H,5,7,9,13-14H2/t18?,19-/m0/s1. The van der Waals surface area contributed by atoms with E-state index in [0.717, 1.165) is 12.0 Å². The maximum atomic E-state index is 9.77. The molecule has 2 aromatic carbocycles. The Morgan fingerprint density at radius 3 is 2.57 bits per heavy atom. The van der Waals surface area contributed by atoms with Crippen LogP contribution < -0.4 is 5.32 Å². The molecule has 0 radical (unpaired) electrons. The molecule has 2 atom stereocenters. The molecule has 2 aromatic rings. The Hall–Kier alpha value is -1.64. The maximum Gasteiger partial charge on any atom is 0.0626 e. The molecule has 0 aromatic heterocycles. The molecule has 110 valence electrons. The van der Waals surface area contributed by atoms with Crippen molar-refractivity contribution in [2.24, 2.45) is 0 Å². The first kappa shape index (κ1) is 14.3. The van der Waals surface area contributed by atoms with Crippen LogP contribution in [-0.2, 0) is 6.42 Å². The Morgan fingerprint density at radius 2 is 1.76 bits per heavy atom. The van der Waals surface area contributed by atoms with Crippen LogP contribution in [0.15, 0.2) is 54.6 Å². The number of hydrogen-bond acceptors (Lipinski definition) is 2. The zero-order valence-corrected chi connectivity index (χ0v) is 12.3. The molecule has 21 heavy (non-hydrogen) atoms. The van der Waals surface area contributed by atoms with E-state index in [-0.39, 0.29) is 12.6 Å². The minimum atomic E-state index is 0.00218. The lowest BCUT2D eigenvalue weighted by Crippen LogP contribution is -2.29. The van der Waals surface area contributed by atoms with Crippen molar-refractivity contribution < 1.29 is 5.11 Å². The average molecular weight is 281 g/mol. The van der Waals surface area contributed by atoms with E-state index in [2.05, 4.69) is 41.7 Å². The molecule has 0 fully saturated rings. The minimum Gasteiger partial charge on any atom is -0.394 e. The van der Waals surface area contributed by atoms with E-state index < -0.39 is 0 Å². The highest BCUT2D eigenvalue weighted by molar-refractivity contribution is 5.31. The molecule has 1 aliphatic rings. The maximum absolute atomic E-state index is 9.77. The van der Waals surface area contributed by atoms with Crippen LogP contribution in [0, 0.1) is 0 Å². The number of fused-ring (bicyclic) bond motifs is 1. The van der Waals surface area contributed by atoms with E-state index in [1.807, 2.05) is 18.2 Å².